The van der Waals surface area contributed by atoms with E-state index in [-0.39, 0.29) is 33.7 Å². The maximum Gasteiger partial charge on any atom is 0.509 e. The molecule has 0 amide bonds. The van der Waals surface area contributed by atoms with Crippen molar-refractivity contribution in [2.24, 2.45) is 56.7 Å². The molecule has 0 aliphatic heterocycles. The summed E-state index contributed by atoms with van der Waals surface area (Å²) in [6, 6.07) is 0. The van der Waals surface area contributed by atoms with Crippen molar-refractivity contribution in [2.75, 3.05) is 0 Å². The molecule has 5 aliphatic carbocycles. The molecule has 0 aromatic rings. The number of rotatable bonds is 2. The van der Waals surface area contributed by atoms with Gasteiger partial charge < -0.3 is 14.6 Å². The van der Waals surface area contributed by atoms with Crippen LogP contribution in [0.4, 0.5) is 4.79 Å². The Hall–Kier alpha value is -1.52. The first-order chi connectivity index (χ1) is 18.3. The monoisotopic (exact) mass is 556 g/mol. The maximum atomic E-state index is 12.9. The van der Waals surface area contributed by atoms with E-state index in [0.717, 1.165) is 57.8 Å². The number of carbonyl (C=O) groups excluding carboxylic acids is 1. The van der Waals surface area contributed by atoms with Gasteiger partial charge in [-0.3, -0.25) is 4.79 Å². The van der Waals surface area contributed by atoms with E-state index >= 15 is 0 Å². The molecule has 226 valence electrons. The number of aliphatic carboxylic acids is 1. The number of hydrogen-bond acceptors (Lipinski definition) is 4. The van der Waals surface area contributed by atoms with Crippen molar-refractivity contribution in [1.82, 2.24) is 0 Å². The van der Waals surface area contributed by atoms with E-state index in [9.17, 15) is 14.7 Å². The summed E-state index contributed by atoms with van der Waals surface area (Å²) in [6.07, 6.45) is 10.7. The van der Waals surface area contributed by atoms with E-state index in [1.54, 1.807) is 0 Å². The van der Waals surface area contributed by atoms with Crippen LogP contribution < -0.4 is 0 Å². The molecule has 5 heteroatoms. The van der Waals surface area contributed by atoms with Crippen molar-refractivity contribution in [3.63, 3.8) is 0 Å². The number of hydrogen-bond donors (Lipinski definition) is 1. The van der Waals surface area contributed by atoms with E-state index in [4.69, 9.17) is 9.47 Å². The fourth-order valence-electron chi connectivity index (χ4n) is 11.4. The molecule has 4 fully saturated rings. The molecule has 0 saturated heterocycles. The van der Waals surface area contributed by atoms with Crippen molar-refractivity contribution in [1.29, 1.82) is 0 Å². The molecule has 5 rings (SSSR count). The minimum atomic E-state index is -0.597. The largest absolute Gasteiger partial charge is 0.509 e. The lowest BCUT2D eigenvalue weighted by Gasteiger charge is -2.71. The molecule has 10 atom stereocenters. The number of carboxylic acids is 1. The average molecular weight is 557 g/mol. The Balaban J connectivity index is 1.48. The number of allylic oxidation sites excluding steroid dienone is 2. The SMILES string of the molecule is C[C@@H]1CC[C@]2(C(=O)O)CC[C@]3(C)C(=CCC4[C@@]5(C)CC[C@H](OC(=O)OC(C)(C)C)C(C)(C)C5CC[C@]43C)C2[C@H]1C. The Morgan fingerprint density at radius 3 is 2.20 bits per heavy atom. The highest BCUT2D eigenvalue weighted by Gasteiger charge is 2.69. The fourth-order valence-corrected chi connectivity index (χ4v) is 11.4. The summed E-state index contributed by atoms with van der Waals surface area (Å²) in [5.41, 5.74) is 0.471. The van der Waals surface area contributed by atoms with Gasteiger partial charge in [0.25, 0.3) is 0 Å². The van der Waals surface area contributed by atoms with Gasteiger partial charge in [0, 0.05) is 5.41 Å². The Morgan fingerprint density at radius 1 is 0.900 bits per heavy atom. The van der Waals surface area contributed by atoms with E-state index in [2.05, 4.69) is 54.5 Å². The third kappa shape index (κ3) is 4.05. The van der Waals surface area contributed by atoms with Gasteiger partial charge in [-0.05, 0) is 124 Å². The number of carboxylic acid groups (broad SMARTS) is 1. The Labute approximate surface area is 243 Å². The van der Waals surface area contributed by atoms with Crippen molar-refractivity contribution in [3.05, 3.63) is 11.6 Å². The predicted molar refractivity (Wildman–Crippen MR) is 158 cm³/mol. The Morgan fingerprint density at radius 2 is 1.57 bits per heavy atom. The smallest absolute Gasteiger partial charge is 0.481 e. The average Bonchev–Trinajstić information content (AvgIpc) is 2.82. The zero-order valence-electron chi connectivity index (χ0n) is 27.0. The number of ether oxygens (including phenoxy) is 2. The first kappa shape index (κ1) is 30.0. The first-order valence-corrected chi connectivity index (χ1v) is 16.2. The van der Waals surface area contributed by atoms with Crippen molar-refractivity contribution < 1.29 is 24.2 Å². The van der Waals surface area contributed by atoms with E-state index < -0.39 is 23.1 Å². The molecule has 40 heavy (non-hydrogen) atoms. The van der Waals surface area contributed by atoms with Gasteiger partial charge in [0.2, 0.25) is 0 Å². The zero-order chi connectivity index (χ0) is 29.7. The van der Waals surface area contributed by atoms with Gasteiger partial charge in [-0.1, -0.05) is 60.1 Å². The topological polar surface area (TPSA) is 72.8 Å². The van der Waals surface area contributed by atoms with Crippen LogP contribution >= 0.6 is 0 Å². The summed E-state index contributed by atoms with van der Waals surface area (Å²) in [5.74, 6) is 1.51. The first-order valence-electron chi connectivity index (χ1n) is 16.2. The molecule has 0 radical (unpaired) electrons. The van der Waals surface area contributed by atoms with Gasteiger partial charge in [0.05, 0.1) is 5.41 Å². The maximum absolute atomic E-state index is 12.9. The predicted octanol–water partition coefficient (Wildman–Crippen LogP) is 9.05. The quantitative estimate of drug-likeness (QED) is 0.271. The van der Waals surface area contributed by atoms with Crippen LogP contribution in [0.2, 0.25) is 0 Å². The molecule has 0 aromatic carbocycles. The van der Waals surface area contributed by atoms with Crippen molar-refractivity contribution in [2.45, 2.75) is 139 Å². The summed E-state index contributed by atoms with van der Waals surface area (Å²) in [4.78, 5) is 25.6. The van der Waals surface area contributed by atoms with Crippen LogP contribution in [0, 0.1) is 56.7 Å². The molecule has 0 heterocycles. The normalized spacial score (nSPS) is 47.9. The van der Waals surface area contributed by atoms with Crippen LogP contribution in [-0.2, 0) is 14.3 Å². The van der Waals surface area contributed by atoms with E-state index in [1.165, 1.54) is 5.57 Å². The van der Waals surface area contributed by atoms with Crippen LogP contribution in [0.3, 0.4) is 0 Å². The van der Waals surface area contributed by atoms with Crippen LogP contribution in [0.1, 0.15) is 127 Å². The van der Waals surface area contributed by atoms with Crippen LogP contribution in [0.25, 0.3) is 0 Å². The summed E-state index contributed by atoms with van der Waals surface area (Å²) < 4.78 is 11.6. The van der Waals surface area contributed by atoms with Crippen LogP contribution in [0.5, 0.6) is 0 Å². The van der Waals surface area contributed by atoms with Gasteiger partial charge in [-0.2, -0.15) is 0 Å². The highest BCUT2D eigenvalue weighted by Crippen LogP contribution is 2.75. The molecule has 3 unspecified atom stereocenters. The third-order valence-electron chi connectivity index (χ3n) is 14.0. The Bertz CT molecular complexity index is 1080. The molecule has 4 saturated carbocycles. The molecule has 0 bridgehead atoms. The second-order valence-electron chi connectivity index (χ2n) is 17.0. The summed E-state index contributed by atoms with van der Waals surface area (Å²) in [6.45, 7) is 22.5. The van der Waals surface area contributed by atoms with Crippen molar-refractivity contribution >= 4 is 12.1 Å². The summed E-state index contributed by atoms with van der Waals surface area (Å²) in [7, 11) is 0. The minimum Gasteiger partial charge on any atom is -0.481 e. The van der Waals surface area contributed by atoms with Gasteiger partial charge in [-0.25, -0.2) is 4.79 Å². The lowest BCUT2D eigenvalue weighted by Crippen LogP contribution is -2.65. The lowest BCUT2D eigenvalue weighted by atomic mass is 9.33. The van der Waals surface area contributed by atoms with Crippen LogP contribution in [-0.4, -0.2) is 28.9 Å². The highest BCUT2D eigenvalue weighted by molar-refractivity contribution is 5.76. The van der Waals surface area contributed by atoms with Gasteiger partial charge in [0.1, 0.15) is 11.7 Å². The third-order valence-corrected chi connectivity index (χ3v) is 14.0. The number of carbonyl (C=O) groups is 2. The lowest BCUT2D eigenvalue weighted by molar-refractivity contribution is -0.209. The standard InChI is InChI=1S/C35H56O5/c1-21-13-18-35(28(36)37)20-19-33(9)23(27(35)22(21)2)11-12-25-32(8)16-15-26(39-29(38)40-30(3,4)5)31(6,7)24(32)14-17-34(25,33)10/h11,21-22,24-27H,12-20H2,1-10H3,(H,36,37)/t21-,22+,24?,25?,26+,27?,32+,33-,34-,35+/m1/s1. The molecule has 1 N–H and O–H groups in total. The highest BCUT2D eigenvalue weighted by atomic mass is 16.7. The summed E-state index contributed by atoms with van der Waals surface area (Å²) >= 11 is 0. The number of fused-ring (bicyclic) bond motifs is 7. The molecular weight excluding hydrogens is 500 g/mol. The molecular formula is C35H56O5. The van der Waals surface area contributed by atoms with Gasteiger partial charge in [0.15, 0.2) is 0 Å². The zero-order valence-corrected chi connectivity index (χ0v) is 27.0. The van der Waals surface area contributed by atoms with E-state index in [0.29, 0.717) is 23.7 Å². The Kier molecular flexibility index (Phi) is 6.92. The van der Waals surface area contributed by atoms with Gasteiger partial charge in [-0.15, -0.1) is 0 Å². The second kappa shape index (κ2) is 9.24. The van der Waals surface area contributed by atoms with Crippen molar-refractivity contribution in [3.8, 4) is 0 Å². The minimum absolute atomic E-state index is 0.0207. The molecule has 0 spiro atoms. The summed E-state index contributed by atoms with van der Waals surface area (Å²) in [5, 5.41) is 10.6. The molecule has 0 aromatic heterocycles. The fraction of sp³-hybridized carbons (Fsp3) is 0.886. The molecule has 5 aliphatic rings. The van der Waals surface area contributed by atoms with Gasteiger partial charge >= 0.3 is 12.1 Å². The van der Waals surface area contributed by atoms with Crippen LogP contribution in [0.15, 0.2) is 11.6 Å². The van der Waals surface area contributed by atoms with E-state index in [1.807, 2.05) is 20.8 Å². The second-order valence-corrected chi connectivity index (χ2v) is 17.0. The molecule has 5 nitrogen and oxygen atoms in total.